The molecule has 2 aromatic rings. The Bertz CT molecular complexity index is 894. The topological polar surface area (TPSA) is 76.7 Å². The van der Waals surface area contributed by atoms with Crippen molar-refractivity contribution >= 4 is 35.2 Å². The predicted octanol–water partition coefficient (Wildman–Crippen LogP) is 3.78. The Balaban J connectivity index is 2.36. The Morgan fingerprint density at radius 1 is 1.04 bits per heavy atom. The van der Waals surface area contributed by atoms with Crippen LogP contribution in [0.1, 0.15) is 18.1 Å². The van der Waals surface area contributed by atoms with Gasteiger partial charge in [0.2, 0.25) is 5.91 Å². The molecular weight excluding hydrogens is 368 g/mol. The molecule has 0 aromatic heterocycles. The van der Waals surface area contributed by atoms with Crippen molar-refractivity contribution in [3.63, 3.8) is 0 Å². The molecule has 27 heavy (non-hydrogen) atoms. The van der Waals surface area contributed by atoms with E-state index in [4.69, 9.17) is 21.1 Å². The van der Waals surface area contributed by atoms with Crippen LogP contribution in [0.4, 0.5) is 5.69 Å². The lowest BCUT2D eigenvalue weighted by Gasteiger charge is -2.13. The summed E-state index contributed by atoms with van der Waals surface area (Å²) in [6, 6.07) is 10.4. The fraction of sp³-hybridized carbons (Fsp3) is 0.200. The van der Waals surface area contributed by atoms with Crippen LogP contribution in [0.3, 0.4) is 0 Å². The Morgan fingerprint density at radius 2 is 1.74 bits per heavy atom. The van der Waals surface area contributed by atoms with Crippen LogP contribution in [-0.2, 0) is 9.59 Å². The molecule has 142 valence electrons. The molecule has 2 aromatic carbocycles. The number of ether oxygens (including phenoxy) is 2. The van der Waals surface area contributed by atoms with Gasteiger partial charge in [-0.15, -0.1) is 0 Å². The zero-order valence-corrected chi connectivity index (χ0v) is 16.3. The molecule has 0 heterocycles. The van der Waals surface area contributed by atoms with Crippen molar-refractivity contribution in [2.75, 3.05) is 19.5 Å². The first-order valence-corrected chi connectivity index (χ1v) is 8.50. The third-order valence-electron chi connectivity index (χ3n) is 3.72. The van der Waals surface area contributed by atoms with Gasteiger partial charge in [0.05, 0.1) is 14.2 Å². The second-order valence-corrected chi connectivity index (χ2v) is 6.20. The molecule has 0 saturated heterocycles. The normalized spacial score (nSPS) is 10.9. The van der Waals surface area contributed by atoms with Gasteiger partial charge in [0, 0.05) is 17.6 Å². The summed E-state index contributed by atoms with van der Waals surface area (Å²) in [7, 11) is 3.06. The minimum Gasteiger partial charge on any atom is -0.493 e. The number of anilines is 1. The van der Waals surface area contributed by atoms with Crippen LogP contribution in [0.25, 0.3) is 6.08 Å². The minimum atomic E-state index is -0.467. The summed E-state index contributed by atoms with van der Waals surface area (Å²) >= 11 is 5.99. The number of benzene rings is 2. The first-order chi connectivity index (χ1) is 12.8. The van der Waals surface area contributed by atoms with Crippen LogP contribution in [0.15, 0.2) is 42.1 Å². The Kier molecular flexibility index (Phi) is 6.85. The zero-order valence-electron chi connectivity index (χ0n) is 15.6. The monoisotopic (exact) mass is 388 g/mol. The largest absolute Gasteiger partial charge is 0.493 e. The summed E-state index contributed by atoms with van der Waals surface area (Å²) in [5.74, 6) is 0.249. The number of carbonyl (C=O) groups excluding carboxylic acids is 2. The van der Waals surface area contributed by atoms with E-state index in [2.05, 4.69) is 10.6 Å². The van der Waals surface area contributed by atoms with E-state index in [0.717, 1.165) is 5.56 Å². The fourth-order valence-electron chi connectivity index (χ4n) is 2.38. The quantitative estimate of drug-likeness (QED) is 0.738. The molecule has 0 aliphatic heterocycles. The van der Waals surface area contributed by atoms with Gasteiger partial charge in [-0.05, 0) is 48.4 Å². The van der Waals surface area contributed by atoms with Crippen molar-refractivity contribution in [3.05, 3.63) is 58.2 Å². The maximum atomic E-state index is 12.7. The van der Waals surface area contributed by atoms with Gasteiger partial charge in [0.15, 0.2) is 11.5 Å². The van der Waals surface area contributed by atoms with E-state index < -0.39 is 5.91 Å². The van der Waals surface area contributed by atoms with Crippen molar-refractivity contribution in [3.8, 4) is 11.5 Å². The van der Waals surface area contributed by atoms with E-state index in [1.807, 2.05) is 6.92 Å². The van der Waals surface area contributed by atoms with Crippen molar-refractivity contribution in [2.24, 2.45) is 0 Å². The average Bonchev–Trinajstić information content (AvgIpc) is 2.63. The molecule has 0 aliphatic carbocycles. The maximum Gasteiger partial charge on any atom is 0.272 e. The van der Waals surface area contributed by atoms with Gasteiger partial charge >= 0.3 is 0 Å². The van der Waals surface area contributed by atoms with Gasteiger partial charge in [-0.3, -0.25) is 9.59 Å². The first-order valence-electron chi connectivity index (χ1n) is 8.13. The Morgan fingerprint density at radius 3 is 2.37 bits per heavy atom. The van der Waals surface area contributed by atoms with Gasteiger partial charge in [-0.1, -0.05) is 23.7 Å². The van der Waals surface area contributed by atoms with Crippen molar-refractivity contribution < 1.29 is 19.1 Å². The van der Waals surface area contributed by atoms with Gasteiger partial charge in [-0.25, -0.2) is 0 Å². The van der Waals surface area contributed by atoms with E-state index in [9.17, 15) is 9.59 Å². The number of hydrogen-bond acceptors (Lipinski definition) is 4. The SMILES string of the molecule is COc1ccc(/C=C(\NC(C)=O)C(=O)Nc2cc(Cl)ccc2C)cc1OC. The molecule has 0 atom stereocenters. The highest BCUT2D eigenvalue weighted by atomic mass is 35.5. The maximum absolute atomic E-state index is 12.7. The van der Waals surface area contributed by atoms with E-state index in [-0.39, 0.29) is 11.6 Å². The smallest absolute Gasteiger partial charge is 0.272 e. The van der Waals surface area contributed by atoms with Crippen molar-refractivity contribution in [1.82, 2.24) is 5.32 Å². The van der Waals surface area contributed by atoms with E-state index in [0.29, 0.717) is 27.8 Å². The molecule has 0 unspecified atom stereocenters. The standard InChI is InChI=1S/C20H21ClN2O4/c1-12-5-7-15(21)11-16(12)23-20(25)17(22-13(2)24)9-14-6-8-18(26-3)19(10-14)27-4/h5-11H,1-4H3,(H,22,24)(H,23,25)/b17-9-. The van der Waals surface area contributed by atoms with E-state index in [1.54, 1.807) is 42.5 Å². The summed E-state index contributed by atoms with van der Waals surface area (Å²) in [5.41, 5.74) is 2.17. The van der Waals surface area contributed by atoms with Crippen LogP contribution >= 0.6 is 11.6 Å². The van der Waals surface area contributed by atoms with Crippen LogP contribution in [0, 0.1) is 6.92 Å². The molecule has 2 amide bonds. The molecule has 0 fully saturated rings. The molecule has 2 rings (SSSR count). The lowest BCUT2D eigenvalue weighted by atomic mass is 10.1. The average molecular weight is 389 g/mol. The molecule has 6 nitrogen and oxygen atoms in total. The van der Waals surface area contributed by atoms with Gasteiger partial charge in [0.1, 0.15) is 5.70 Å². The van der Waals surface area contributed by atoms with Crippen LogP contribution in [-0.4, -0.2) is 26.0 Å². The second kappa shape index (κ2) is 9.09. The molecule has 0 bridgehead atoms. The zero-order chi connectivity index (χ0) is 20.0. The predicted molar refractivity (Wildman–Crippen MR) is 106 cm³/mol. The molecule has 0 radical (unpaired) electrons. The molecule has 7 heteroatoms. The summed E-state index contributed by atoms with van der Waals surface area (Å²) in [4.78, 5) is 24.2. The Hall–Kier alpha value is -2.99. The van der Waals surface area contributed by atoms with Gasteiger partial charge in [-0.2, -0.15) is 0 Å². The number of hydrogen-bond donors (Lipinski definition) is 2. The summed E-state index contributed by atoms with van der Waals surface area (Å²) in [6.07, 6.45) is 1.55. The number of methoxy groups -OCH3 is 2. The highest BCUT2D eigenvalue weighted by molar-refractivity contribution is 6.31. The second-order valence-electron chi connectivity index (χ2n) is 5.77. The summed E-state index contributed by atoms with van der Waals surface area (Å²) in [5, 5.41) is 5.82. The number of rotatable bonds is 6. The molecule has 0 aliphatic rings. The van der Waals surface area contributed by atoms with Crippen molar-refractivity contribution in [2.45, 2.75) is 13.8 Å². The third kappa shape index (κ3) is 5.49. The lowest BCUT2D eigenvalue weighted by molar-refractivity contribution is -0.120. The molecular formula is C20H21ClN2O4. The highest BCUT2D eigenvalue weighted by Crippen LogP contribution is 2.28. The summed E-state index contributed by atoms with van der Waals surface area (Å²) in [6.45, 7) is 3.18. The van der Waals surface area contributed by atoms with Crippen LogP contribution in [0.5, 0.6) is 11.5 Å². The molecule has 0 spiro atoms. The fourth-order valence-corrected chi connectivity index (χ4v) is 2.55. The summed E-state index contributed by atoms with van der Waals surface area (Å²) < 4.78 is 10.5. The lowest BCUT2D eigenvalue weighted by Crippen LogP contribution is -2.29. The third-order valence-corrected chi connectivity index (χ3v) is 3.96. The van der Waals surface area contributed by atoms with E-state index >= 15 is 0 Å². The van der Waals surface area contributed by atoms with Crippen molar-refractivity contribution in [1.29, 1.82) is 0 Å². The number of halogens is 1. The first kappa shape index (κ1) is 20.3. The Labute approximate surface area is 163 Å². The molecule has 2 N–H and O–H groups in total. The highest BCUT2D eigenvalue weighted by Gasteiger charge is 2.14. The van der Waals surface area contributed by atoms with Gasteiger partial charge < -0.3 is 20.1 Å². The minimum absolute atomic E-state index is 0.0918. The number of amides is 2. The number of nitrogens with one attached hydrogen (secondary N) is 2. The van der Waals surface area contributed by atoms with E-state index in [1.165, 1.54) is 21.1 Å². The van der Waals surface area contributed by atoms with Crippen LogP contribution < -0.4 is 20.1 Å². The number of carbonyl (C=O) groups is 2. The van der Waals surface area contributed by atoms with Gasteiger partial charge in [0.25, 0.3) is 5.91 Å². The van der Waals surface area contributed by atoms with Crippen LogP contribution in [0.2, 0.25) is 5.02 Å². The molecule has 0 saturated carbocycles. The number of aryl methyl sites for hydroxylation is 1.